The number of hydrogen-bond donors (Lipinski definition) is 0. The number of rotatable bonds is 7. The van der Waals surface area contributed by atoms with Crippen LogP contribution >= 0.6 is 0 Å². The molecule has 1 aromatic rings. The molecule has 0 amide bonds. The second-order valence-electron chi connectivity index (χ2n) is 6.91. The molecule has 1 aromatic heterocycles. The second kappa shape index (κ2) is 8.20. The SMILES string of the molecule is CN(C)CCOC[C@@H]1CC[C@H]2[C@H]1OCCN2Cc1ccccn1. The maximum absolute atomic E-state index is 6.11. The Labute approximate surface area is 139 Å². The molecule has 1 saturated carbocycles. The van der Waals surface area contributed by atoms with Crippen molar-refractivity contribution in [1.29, 1.82) is 0 Å². The average molecular weight is 319 g/mol. The van der Waals surface area contributed by atoms with Crippen LogP contribution in [0.3, 0.4) is 0 Å². The van der Waals surface area contributed by atoms with Crippen molar-refractivity contribution in [2.75, 3.05) is 47.0 Å². The maximum atomic E-state index is 6.11. The minimum Gasteiger partial charge on any atom is -0.380 e. The topological polar surface area (TPSA) is 37.8 Å². The molecule has 0 N–H and O–H groups in total. The number of nitrogens with zero attached hydrogens (tertiary/aromatic N) is 3. The first-order valence-corrected chi connectivity index (χ1v) is 8.72. The third-order valence-electron chi connectivity index (χ3n) is 4.94. The number of likely N-dealkylation sites (N-methyl/N-ethyl adjacent to an activating group) is 1. The first-order valence-electron chi connectivity index (χ1n) is 8.72. The summed E-state index contributed by atoms with van der Waals surface area (Å²) in [5.74, 6) is 0.536. The van der Waals surface area contributed by atoms with Gasteiger partial charge in [0.05, 0.1) is 31.6 Å². The second-order valence-corrected chi connectivity index (χ2v) is 6.91. The van der Waals surface area contributed by atoms with E-state index in [0.717, 1.165) is 45.1 Å². The Balaban J connectivity index is 1.51. The predicted molar refractivity (Wildman–Crippen MR) is 90.3 cm³/mol. The van der Waals surface area contributed by atoms with Gasteiger partial charge in [-0.1, -0.05) is 6.07 Å². The molecule has 3 rings (SSSR count). The number of ether oxygens (including phenoxy) is 2. The van der Waals surface area contributed by atoms with E-state index in [4.69, 9.17) is 9.47 Å². The van der Waals surface area contributed by atoms with E-state index in [2.05, 4.69) is 41.0 Å². The van der Waals surface area contributed by atoms with Crippen LogP contribution in [0.2, 0.25) is 0 Å². The number of pyridine rings is 1. The fraction of sp³-hybridized carbons (Fsp3) is 0.722. The summed E-state index contributed by atoms with van der Waals surface area (Å²) >= 11 is 0. The zero-order chi connectivity index (χ0) is 16.1. The van der Waals surface area contributed by atoms with Crippen LogP contribution in [0.15, 0.2) is 24.4 Å². The van der Waals surface area contributed by atoms with Crippen molar-refractivity contribution in [1.82, 2.24) is 14.8 Å². The van der Waals surface area contributed by atoms with Crippen LogP contribution in [0.25, 0.3) is 0 Å². The Bertz CT molecular complexity index is 469. The lowest BCUT2D eigenvalue weighted by atomic mass is 10.0. The van der Waals surface area contributed by atoms with E-state index in [-0.39, 0.29) is 0 Å². The Hall–Kier alpha value is -1.01. The Morgan fingerprint density at radius 3 is 3.04 bits per heavy atom. The number of fused-ring (bicyclic) bond motifs is 1. The van der Waals surface area contributed by atoms with Gasteiger partial charge in [-0.25, -0.2) is 0 Å². The highest BCUT2D eigenvalue weighted by molar-refractivity contribution is 5.05. The summed E-state index contributed by atoms with van der Waals surface area (Å²) in [4.78, 5) is 9.18. The molecule has 0 radical (unpaired) electrons. The molecule has 0 bridgehead atoms. The fourth-order valence-electron chi connectivity index (χ4n) is 3.69. The van der Waals surface area contributed by atoms with Crippen molar-refractivity contribution in [3.63, 3.8) is 0 Å². The number of hydrogen-bond acceptors (Lipinski definition) is 5. The highest BCUT2D eigenvalue weighted by Crippen LogP contribution is 2.35. The molecule has 5 heteroatoms. The van der Waals surface area contributed by atoms with Gasteiger partial charge < -0.3 is 14.4 Å². The van der Waals surface area contributed by atoms with E-state index in [1.165, 1.54) is 12.8 Å². The monoisotopic (exact) mass is 319 g/mol. The summed E-state index contributed by atoms with van der Waals surface area (Å²) in [7, 11) is 4.16. The predicted octanol–water partition coefficient (Wildman–Crippen LogP) is 1.64. The van der Waals surface area contributed by atoms with Crippen LogP contribution in [-0.4, -0.2) is 73.9 Å². The lowest BCUT2D eigenvalue weighted by Crippen LogP contribution is -2.50. The quantitative estimate of drug-likeness (QED) is 0.714. The molecule has 23 heavy (non-hydrogen) atoms. The summed E-state index contributed by atoms with van der Waals surface area (Å²) < 4.78 is 12.0. The van der Waals surface area contributed by atoms with E-state index in [0.29, 0.717) is 18.1 Å². The smallest absolute Gasteiger partial charge is 0.0781 e. The highest BCUT2D eigenvalue weighted by atomic mass is 16.5. The van der Waals surface area contributed by atoms with Gasteiger partial charge in [0.15, 0.2) is 0 Å². The van der Waals surface area contributed by atoms with Gasteiger partial charge >= 0.3 is 0 Å². The van der Waals surface area contributed by atoms with Crippen molar-refractivity contribution in [2.45, 2.75) is 31.5 Å². The van der Waals surface area contributed by atoms with Crippen LogP contribution in [0.4, 0.5) is 0 Å². The van der Waals surface area contributed by atoms with E-state index in [1.807, 2.05) is 12.3 Å². The third kappa shape index (κ3) is 4.51. The molecule has 128 valence electrons. The molecule has 1 aliphatic heterocycles. The van der Waals surface area contributed by atoms with Gasteiger partial charge in [-0.3, -0.25) is 9.88 Å². The first-order chi connectivity index (χ1) is 11.2. The van der Waals surface area contributed by atoms with Crippen LogP contribution in [-0.2, 0) is 16.0 Å². The van der Waals surface area contributed by atoms with E-state index in [1.54, 1.807) is 0 Å². The Morgan fingerprint density at radius 2 is 2.26 bits per heavy atom. The van der Waals surface area contributed by atoms with E-state index >= 15 is 0 Å². The maximum Gasteiger partial charge on any atom is 0.0781 e. The molecular formula is C18H29N3O2. The van der Waals surface area contributed by atoms with Crippen LogP contribution in [0, 0.1) is 5.92 Å². The summed E-state index contributed by atoms with van der Waals surface area (Å²) in [5, 5.41) is 0. The van der Waals surface area contributed by atoms with Crippen molar-refractivity contribution in [3.8, 4) is 0 Å². The van der Waals surface area contributed by atoms with Crippen LogP contribution in [0.5, 0.6) is 0 Å². The lowest BCUT2D eigenvalue weighted by Gasteiger charge is -2.39. The molecule has 1 saturated heterocycles. The van der Waals surface area contributed by atoms with Crippen LogP contribution < -0.4 is 0 Å². The van der Waals surface area contributed by atoms with Crippen molar-refractivity contribution >= 4 is 0 Å². The zero-order valence-electron chi connectivity index (χ0n) is 14.4. The molecule has 0 unspecified atom stereocenters. The van der Waals surface area contributed by atoms with Gasteiger partial charge in [0.25, 0.3) is 0 Å². The van der Waals surface area contributed by atoms with E-state index in [9.17, 15) is 0 Å². The van der Waals surface area contributed by atoms with Gasteiger partial charge in [0, 0.05) is 37.8 Å². The normalized spacial score (nSPS) is 28.2. The minimum absolute atomic E-state index is 0.326. The Morgan fingerprint density at radius 1 is 1.35 bits per heavy atom. The molecule has 5 nitrogen and oxygen atoms in total. The van der Waals surface area contributed by atoms with E-state index < -0.39 is 0 Å². The largest absolute Gasteiger partial charge is 0.380 e. The molecule has 2 aliphatic rings. The van der Waals surface area contributed by atoms with Crippen molar-refractivity contribution < 1.29 is 9.47 Å². The van der Waals surface area contributed by atoms with Crippen molar-refractivity contribution in [2.24, 2.45) is 5.92 Å². The lowest BCUT2D eigenvalue weighted by molar-refractivity contribution is -0.0886. The third-order valence-corrected chi connectivity index (χ3v) is 4.94. The number of morpholine rings is 1. The molecule has 0 aromatic carbocycles. The summed E-state index contributed by atoms with van der Waals surface area (Å²) in [6.07, 6.45) is 4.62. The van der Waals surface area contributed by atoms with Gasteiger partial charge in [-0.2, -0.15) is 0 Å². The highest BCUT2D eigenvalue weighted by Gasteiger charge is 2.42. The summed E-state index contributed by atoms with van der Waals surface area (Å²) in [5.41, 5.74) is 1.15. The summed E-state index contributed by atoms with van der Waals surface area (Å²) in [6.45, 7) is 5.37. The standard InChI is InChI=1S/C18H29N3O2/c1-20(2)9-11-22-14-15-6-7-17-18(15)23-12-10-21(17)13-16-5-3-4-8-19-16/h3-5,8,15,17-18H,6-7,9-14H2,1-2H3/t15-,17-,18-/m0/s1. The molecule has 0 spiro atoms. The molecule has 2 fully saturated rings. The fourth-order valence-corrected chi connectivity index (χ4v) is 3.69. The molecule has 1 aliphatic carbocycles. The van der Waals surface area contributed by atoms with Crippen molar-refractivity contribution in [3.05, 3.63) is 30.1 Å². The van der Waals surface area contributed by atoms with Gasteiger partial charge in [-0.15, -0.1) is 0 Å². The average Bonchev–Trinajstić information content (AvgIpc) is 2.97. The van der Waals surface area contributed by atoms with Crippen LogP contribution in [0.1, 0.15) is 18.5 Å². The first kappa shape index (κ1) is 16.8. The number of aromatic nitrogens is 1. The molecular weight excluding hydrogens is 290 g/mol. The Kier molecular flexibility index (Phi) is 6.00. The summed E-state index contributed by atoms with van der Waals surface area (Å²) in [6, 6.07) is 6.67. The minimum atomic E-state index is 0.326. The van der Waals surface area contributed by atoms with Gasteiger partial charge in [0.1, 0.15) is 0 Å². The molecule has 3 atom stereocenters. The molecule has 2 heterocycles. The van der Waals surface area contributed by atoms with Gasteiger partial charge in [0.2, 0.25) is 0 Å². The zero-order valence-corrected chi connectivity index (χ0v) is 14.4. The van der Waals surface area contributed by atoms with Gasteiger partial charge in [-0.05, 0) is 39.1 Å².